The van der Waals surface area contributed by atoms with Crippen LogP contribution in [0.1, 0.15) is 30.9 Å². The molecule has 124 valence electrons. The Morgan fingerprint density at radius 2 is 1.57 bits per heavy atom. The van der Waals surface area contributed by atoms with Gasteiger partial charge in [-0.3, -0.25) is 0 Å². The largest absolute Gasteiger partial charge is 0.508 e. The number of rotatable bonds is 6. The van der Waals surface area contributed by atoms with Gasteiger partial charge in [-0.2, -0.15) is 0 Å². The van der Waals surface area contributed by atoms with Crippen LogP contribution in [0.5, 0.6) is 5.75 Å². The van der Waals surface area contributed by atoms with Crippen molar-refractivity contribution in [2.45, 2.75) is 36.3 Å². The van der Waals surface area contributed by atoms with Crippen molar-refractivity contribution in [1.29, 1.82) is 0 Å². The van der Waals surface area contributed by atoms with Crippen LogP contribution in [-0.4, -0.2) is 25.2 Å². The summed E-state index contributed by atoms with van der Waals surface area (Å²) in [5.74, 6) is 0.00405. The van der Waals surface area contributed by atoms with Crippen LogP contribution in [0, 0.1) is 6.92 Å². The first-order valence-electron chi connectivity index (χ1n) is 7.59. The quantitative estimate of drug-likeness (QED) is 0.851. The van der Waals surface area contributed by atoms with Crippen molar-refractivity contribution >= 4 is 9.84 Å². The highest BCUT2D eigenvalue weighted by Gasteiger charge is 2.45. The van der Waals surface area contributed by atoms with Crippen molar-refractivity contribution in [3.63, 3.8) is 0 Å². The highest BCUT2D eigenvalue weighted by atomic mass is 32.2. The fraction of sp³-hybridized carbons (Fsp3) is 0.333. The van der Waals surface area contributed by atoms with E-state index in [2.05, 4.69) is 0 Å². The average Bonchev–Trinajstić information content (AvgIpc) is 2.54. The molecule has 0 amide bonds. The highest BCUT2D eigenvalue weighted by molar-refractivity contribution is 7.92. The van der Waals surface area contributed by atoms with E-state index >= 15 is 0 Å². The Morgan fingerprint density at radius 1 is 1.00 bits per heavy atom. The molecule has 1 atom stereocenters. The second-order valence-corrected chi connectivity index (χ2v) is 8.03. The Morgan fingerprint density at radius 3 is 2.04 bits per heavy atom. The average molecular weight is 334 g/mol. The summed E-state index contributed by atoms with van der Waals surface area (Å²) in [6.07, 6.45) is 0.932. The SMILES string of the molecule is CCCC(CO)(c1ccc(C)cc1)S(=O)(=O)c1ccc(O)cc1. The van der Waals surface area contributed by atoms with Gasteiger partial charge in [0, 0.05) is 0 Å². The van der Waals surface area contributed by atoms with Crippen molar-refractivity contribution in [2.75, 3.05) is 6.61 Å². The predicted molar refractivity (Wildman–Crippen MR) is 90.1 cm³/mol. The van der Waals surface area contributed by atoms with E-state index in [9.17, 15) is 18.6 Å². The van der Waals surface area contributed by atoms with Crippen LogP contribution in [0.4, 0.5) is 0 Å². The number of hydrogen-bond acceptors (Lipinski definition) is 4. The van der Waals surface area contributed by atoms with E-state index < -0.39 is 21.2 Å². The van der Waals surface area contributed by atoms with E-state index in [1.807, 2.05) is 26.0 Å². The summed E-state index contributed by atoms with van der Waals surface area (Å²) in [6.45, 7) is 3.33. The maximum Gasteiger partial charge on any atom is 0.190 e. The molecule has 5 heteroatoms. The van der Waals surface area contributed by atoms with Crippen molar-refractivity contribution in [2.24, 2.45) is 0 Å². The lowest BCUT2D eigenvalue weighted by atomic mass is 9.93. The lowest BCUT2D eigenvalue weighted by molar-refractivity contribution is 0.232. The van der Waals surface area contributed by atoms with Crippen molar-refractivity contribution in [1.82, 2.24) is 0 Å². The van der Waals surface area contributed by atoms with Crippen LogP contribution in [0.15, 0.2) is 53.4 Å². The number of phenolic OH excluding ortho intramolecular Hbond substituents is 1. The van der Waals surface area contributed by atoms with Gasteiger partial charge >= 0.3 is 0 Å². The van der Waals surface area contributed by atoms with Crippen molar-refractivity contribution in [3.05, 3.63) is 59.7 Å². The Kier molecular flexibility index (Phi) is 5.12. The first-order chi connectivity index (χ1) is 10.9. The summed E-state index contributed by atoms with van der Waals surface area (Å²) in [5, 5.41) is 19.4. The van der Waals surface area contributed by atoms with Gasteiger partial charge in [-0.15, -0.1) is 0 Å². The number of aryl methyl sites for hydroxylation is 1. The standard InChI is InChI=1S/C18H22O4S/c1-3-12-18(13-19,15-6-4-14(2)5-7-15)23(21,22)17-10-8-16(20)9-11-17/h4-11,19-20H,3,12-13H2,1-2H3. The van der Waals surface area contributed by atoms with Crippen molar-refractivity contribution in [3.8, 4) is 5.75 Å². The Hall–Kier alpha value is -1.85. The Balaban J connectivity index is 2.65. The van der Waals surface area contributed by atoms with Crippen LogP contribution in [0.2, 0.25) is 0 Å². The molecule has 0 saturated heterocycles. The molecular weight excluding hydrogens is 312 g/mol. The lowest BCUT2D eigenvalue weighted by Crippen LogP contribution is -2.39. The zero-order chi connectivity index (χ0) is 17.1. The second-order valence-electron chi connectivity index (χ2n) is 5.77. The molecule has 0 spiro atoms. The molecule has 0 saturated carbocycles. The number of hydrogen-bond donors (Lipinski definition) is 2. The summed E-state index contributed by atoms with van der Waals surface area (Å²) < 4.78 is 25.1. The van der Waals surface area contributed by atoms with Crippen LogP contribution in [0.3, 0.4) is 0 Å². The molecule has 23 heavy (non-hydrogen) atoms. The molecule has 0 aliphatic carbocycles. The minimum atomic E-state index is -3.82. The molecule has 2 N–H and O–H groups in total. The highest BCUT2D eigenvalue weighted by Crippen LogP contribution is 2.39. The molecular formula is C18H22O4S. The maximum atomic E-state index is 13.2. The normalized spacial score (nSPS) is 14.4. The summed E-state index contributed by atoms with van der Waals surface area (Å²) in [6, 6.07) is 12.7. The first kappa shape index (κ1) is 17.5. The minimum Gasteiger partial charge on any atom is -0.508 e. The summed E-state index contributed by atoms with van der Waals surface area (Å²) >= 11 is 0. The number of phenols is 1. The van der Waals surface area contributed by atoms with E-state index in [4.69, 9.17) is 0 Å². The maximum absolute atomic E-state index is 13.2. The van der Waals surface area contributed by atoms with E-state index in [1.165, 1.54) is 24.3 Å². The first-order valence-corrected chi connectivity index (χ1v) is 9.07. The van der Waals surface area contributed by atoms with Gasteiger partial charge in [-0.05, 0) is 43.2 Å². The number of aromatic hydroxyl groups is 1. The molecule has 0 heterocycles. The summed E-state index contributed by atoms with van der Waals surface area (Å²) in [5.41, 5.74) is 1.61. The lowest BCUT2D eigenvalue weighted by Gasteiger charge is -2.32. The van der Waals surface area contributed by atoms with Gasteiger partial charge in [-0.1, -0.05) is 43.2 Å². The molecule has 0 bridgehead atoms. The van der Waals surface area contributed by atoms with Crippen LogP contribution in [0.25, 0.3) is 0 Å². The molecule has 2 rings (SSSR count). The fourth-order valence-electron chi connectivity index (χ4n) is 2.80. The molecule has 2 aromatic carbocycles. The zero-order valence-corrected chi connectivity index (χ0v) is 14.2. The van der Waals surface area contributed by atoms with E-state index in [1.54, 1.807) is 12.1 Å². The monoisotopic (exact) mass is 334 g/mol. The molecule has 4 nitrogen and oxygen atoms in total. The number of benzene rings is 2. The fourth-order valence-corrected chi connectivity index (χ4v) is 4.84. The Bertz CT molecular complexity index is 749. The van der Waals surface area contributed by atoms with Gasteiger partial charge in [0.05, 0.1) is 11.5 Å². The van der Waals surface area contributed by atoms with Gasteiger partial charge in [0.2, 0.25) is 0 Å². The van der Waals surface area contributed by atoms with E-state index in [-0.39, 0.29) is 10.6 Å². The van der Waals surface area contributed by atoms with Gasteiger partial charge < -0.3 is 10.2 Å². The van der Waals surface area contributed by atoms with Crippen LogP contribution >= 0.6 is 0 Å². The topological polar surface area (TPSA) is 74.6 Å². The predicted octanol–water partition coefficient (Wildman–Crippen LogP) is 3.16. The van der Waals surface area contributed by atoms with Gasteiger partial charge in [0.25, 0.3) is 0 Å². The number of sulfone groups is 1. The van der Waals surface area contributed by atoms with Gasteiger partial charge in [0.1, 0.15) is 10.5 Å². The van der Waals surface area contributed by atoms with Gasteiger partial charge in [0.15, 0.2) is 9.84 Å². The number of aliphatic hydroxyl groups excluding tert-OH is 1. The number of aliphatic hydroxyl groups is 1. The second kappa shape index (κ2) is 6.72. The van der Waals surface area contributed by atoms with E-state index in [0.29, 0.717) is 18.4 Å². The molecule has 0 radical (unpaired) electrons. The van der Waals surface area contributed by atoms with Crippen LogP contribution < -0.4 is 0 Å². The Labute approximate surface area is 137 Å². The third-order valence-electron chi connectivity index (χ3n) is 4.15. The molecule has 0 fully saturated rings. The molecule has 2 aromatic rings. The molecule has 1 unspecified atom stereocenters. The van der Waals surface area contributed by atoms with Crippen molar-refractivity contribution < 1.29 is 18.6 Å². The van der Waals surface area contributed by atoms with Crippen LogP contribution in [-0.2, 0) is 14.6 Å². The molecule has 0 aliphatic heterocycles. The third kappa shape index (κ3) is 3.12. The molecule has 0 aliphatic rings. The smallest absolute Gasteiger partial charge is 0.190 e. The molecule has 0 aromatic heterocycles. The minimum absolute atomic E-state index is 0.00405. The summed E-state index contributed by atoms with van der Waals surface area (Å²) in [7, 11) is -3.82. The third-order valence-corrected chi connectivity index (χ3v) is 6.64. The van der Waals surface area contributed by atoms with Gasteiger partial charge in [-0.25, -0.2) is 8.42 Å². The zero-order valence-electron chi connectivity index (χ0n) is 13.4. The van der Waals surface area contributed by atoms with E-state index in [0.717, 1.165) is 5.56 Å². The summed E-state index contributed by atoms with van der Waals surface area (Å²) in [4.78, 5) is 0.0957.